The van der Waals surface area contributed by atoms with Crippen molar-refractivity contribution in [1.29, 1.82) is 0 Å². The Hall–Kier alpha value is -1.83. The lowest BCUT2D eigenvalue weighted by Gasteiger charge is -2.12. The fourth-order valence-electron chi connectivity index (χ4n) is 2.84. The summed E-state index contributed by atoms with van der Waals surface area (Å²) >= 11 is 6.70. The monoisotopic (exact) mass is 376 g/mol. The van der Waals surface area contributed by atoms with E-state index in [0.717, 1.165) is 29.3 Å². The zero-order chi connectivity index (χ0) is 18.0. The molecule has 1 aliphatic heterocycles. The number of thioether (sulfide) groups is 1. The fraction of sp³-hybridized carbons (Fsp3) is 0.333. The van der Waals surface area contributed by atoms with Gasteiger partial charge in [-0.2, -0.15) is 0 Å². The van der Waals surface area contributed by atoms with Crippen LogP contribution >= 0.6 is 24.0 Å². The number of nitrogens with zero attached hydrogens (tertiary/aromatic N) is 2. The van der Waals surface area contributed by atoms with Crippen LogP contribution in [0.5, 0.6) is 0 Å². The second-order valence-corrected chi connectivity index (χ2v) is 7.49. The second kappa shape index (κ2) is 7.59. The fourth-order valence-corrected chi connectivity index (χ4v) is 4.08. The third-order valence-corrected chi connectivity index (χ3v) is 5.56. The molecule has 0 bridgehead atoms. The van der Waals surface area contributed by atoms with Crippen molar-refractivity contribution in [1.82, 2.24) is 9.47 Å². The number of aromatic nitrogens is 1. The molecule has 2 aromatic heterocycles. The summed E-state index contributed by atoms with van der Waals surface area (Å²) in [6, 6.07) is 5.73. The molecule has 1 fully saturated rings. The minimum Gasteiger partial charge on any atom is -0.467 e. The van der Waals surface area contributed by atoms with Gasteiger partial charge in [0.15, 0.2) is 0 Å². The van der Waals surface area contributed by atoms with Crippen LogP contribution in [0.2, 0.25) is 0 Å². The van der Waals surface area contributed by atoms with Gasteiger partial charge in [-0.15, -0.1) is 0 Å². The van der Waals surface area contributed by atoms with Crippen molar-refractivity contribution < 1.29 is 13.9 Å². The lowest BCUT2D eigenvalue weighted by Crippen LogP contribution is -2.27. The van der Waals surface area contributed by atoms with Gasteiger partial charge in [0.05, 0.1) is 24.3 Å². The summed E-state index contributed by atoms with van der Waals surface area (Å²) in [5.41, 5.74) is 3.30. The van der Waals surface area contributed by atoms with Crippen molar-refractivity contribution >= 4 is 40.3 Å². The van der Waals surface area contributed by atoms with Gasteiger partial charge in [-0.3, -0.25) is 9.69 Å². The first kappa shape index (κ1) is 18.0. The summed E-state index contributed by atoms with van der Waals surface area (Å²) in [6.07, 6.45) is 3.52. The average molecular weight is 377 g/mol. The topological polar surface area (TPSA) is 47.6 Å². The van der Waals surface area contributed by atoms with Crippen LogP contribution in [-0.4, -0.2) is 33.4 Å². The molecule has 0 saturated carbocycles. The molecule has 3 heterocycles. The molecule has 1 aliphatic rings. The van der Waals surface area contributed by atoms with Crippen molar-refractivity contribution in [3.8, 4) is 0 Å². The molecule has 7 heteroatoms. The van der Waals surface area contributed by atoms with Crippen LogP contribution in [0.3, 0.4) is 0 Å². The number of furan rings is 1. The van der Waals surface area contributed by atoms with Crippen LogP contribution in [0.25, 0.3) is 6.08 Å². The highest BCUT2D eigenvalue weighted by Crippen LogP contribution is 2.34. The van der Waals surface area contributed by atoms with Gasteiger partial charge in [-0.05, 0) is 43.7 Å². The highest BCUT2D eigenvalue weighted by atomic mass is 32.2. The van der Waals surface area contributed by atoms with Gasteiger partial charge in [0.2, 0.25) is 0 Å². The van der Waals surface area contributed by atoms with Gasteiger partial charge in [0.1, 0.15) is 10.1 Å². The molecule has 0 spiro atoms. The lowest BCUT2D eigenvalue weighted by atomic mass is 10.2. The Bertz CT molecular complexity index is 822. The number of rotatable bonds is 6. The number of thiocarbonyl (C=S) groups is 1. The van der Waals surface area contributed by atoms with E-state index in [1.807, 2.05) is 12.1 Å². The van der Waals surface area contributed by atoms with E-state index in [0.29, 0.717) is 22.4 Å². The largest absolute Gasteiger partial charge is 0.467 e. The Morgan fingerprint density at radius 3 is 2.88 bits per heavy atom. The van der Waals surface area contributed by atoms with Crippen LogP contribution in [0.4, 0.5) is 0 Å². The maximum atomic E-state index is 12.7. The number of hydrogen-bond acceptors (Lipinski definition) is 5. The van der Waals surface area contributed by atoms with Crippen molar-refractivity contribution in [2.45, 2.75) is 26.9 Å². The SMILES string of the molecule is COCCn1c(C)cc(/C=C2\SC(=S)N(Cc3ccco3)C2=O)c1C. The Kier molecular flexibility index (Phi) is 5.46. The van der Waals surface area contributed by atoms with Crippen LogP contribution < -0.4 is 0 Å². The van der Waals surface area contributed by atoms with Gasteiger partial charge < -0.3 is 13.7 Å². The van der Waals surface area contributed by atoms with Crippen LogP contribution in [0.15, 0.2) is 33.8 Å². The smallest absolute Gasteiger partial charge is 0.266 e. The molecule has 0 aliphatic carbocycles. The summed E-state index contributed by atoms with van der Waals surface area (Å²) in [5.74, 6) is 0.642. The summed E-state index contributed by atoms with van der Waals surface area (Å²) < 4.78 is 13.2. The van der Waals surface area contributed by atoms with E-state index in [2.05, 4.69) is 24.5 Å². The molecule has 0 radical (unpaired) electrons. The van der Waals surface area contributed by atoms with E-state index in [4.69, 9.17) is 21.4 Å². The minimum absolute atomic E-state index is 0.0758. The third kappa shape index (κ3) is 3.73. The predicted molar refractivity (Wildman–Crippen MR) is 103 cm³/mol. The predicted octanol–water partition coefficient (Wildman–Crippen LogP) is 3.75. The van der Waals surface area contributed by atoms with Crippen LogP contribution in [0, 0.1) is 13.8 Å². The van der Waals surface area contributed by atoms with E-state index in [1.54, 1.807) is 24.3 Å². The minimum atomic E-state index is -0.0758. The van der Waals surface area contributed by atoms with E-state index in [-0.39, 0.29) is 5.91 Å². The zero-order valence-electron chi connectivity index (χ0n) is 14.4. The number of hydrogen-bond donors (Lipinski definition) is 0. The number of carbonyl (C=O) groups is 1. The molecular weight excluding hydrogens is 356 g/mol. The number of methoxy groups -OCH3 is 1. The average Bonchev–Trinajstić information content (AvgIpc) is 3.25. The van der Waals surface area contributed by atoms with Crippen molar-refractivity contribution in [3.05, 3.63) is 52.1 Å². The first-order valence-corrected chi connectivity index (χ1v) is 9.17. The van der Waals surface area contributed by atoms with Gasteiger partial charge in [-0.1, -0.05) is 24.0 Å². The number of aryl methyl sites for hydroxylation is 1. The Morgan fingerprint density at radius 1 is 1.40 bits per heavy atom. The molecule has 0 atom stereocenters. The van der Waals surface area contributed by atoms with Gasteiger partial charge in [0.25, 0.3) is 5.91 Å². The molecule has 1 amide bonds. The maximum Gasteiger partial charge on any atom is 0.266 e. The first-order valence-electron chi connectivity index (χ1n) is 7.94. The first-order chi connectivity index (χ1) is 12.0. The van der Waals surface area contributed by atoms with Crippen molar-refractivity contribution in [2.75, 3.05) is 13.7 Å². The van der Waals surface area contributed by atoms with Gasteiger partial charge in [-0.25, -0.2) is 0 Å². The van der Waals surface area contributed by atoms with E-state index in [9.17, 15) is 4.79 Å². The highest BCUT2D eigenvalue weighted by molar-refractivity contribution is 8.26. The summed E-state index contributed by atoms with van der Waals surface area (Å²) in [5, 5.41) is 0. The summed E-state index contributed by atoms with van der Waals surface area (Å²) in [6.45, 7) is 5.92. The van der Waals surface area contributed by atoms with Gasteiger partial charge in [0, 0.05) is 25.0 Å². The normalized spacial score (nSPS) is 16.4. The number of carbonyl (C=O) groups excluding carboxylic acids is 1. The number of ether oxygens (including phenoxy) is 1. The molecule has 1 saturated heterocycles. The quantitative estimate of drug-likeness (QED) is 0.568. The number of amides is 1. The van der Waals surface area contributed by atoms with Crippen LogP contribution in [0.1, 0.15) is 22.7 Å². The molecule has 0 unspecified atom stereocenters. The standard InChI is InChI=1S/C18H20N2O3S2/c1-12-9-14(13(2)19(12)6-8-22-3)10-16-17(21)20(18(24)25-16)11-15-5-4-7-23-15/h4-5,7,9-10H,6,8,11H2,1-3H3/b16-10-. The van der Waals surface area contributed by atoms with Gasteiger partial charge >= 0.3 is 0 Å². The highest BCUT2D eigenvalue weighted by Gasteiger charge is 2.32. The van der Waals surface area contributed by atoms with E-state index in [1.165, 1.54) is 11.8 Å². The Morgan fingerprint density at radius 2 is 2.20 bits per heavy atom. The Balaban J connectivity index is 1.82. The summed E-state index contributed by atoms with van der Waals surface area (Å²) in [7, 11) is 1.69. The lowest BCUT2D eigenvalue weighted by molar-refractivity contribution is -0.122. The van der Waals surface area contributed by atoms with Crippen molar-refractivity contribution in [3.63, 3.8) is 0 Å². The molecule has 2 aromatic rings. The molecule has 5 nitrogen and oxygen atoms in total. The van der Waals surface area contributed by atoms with Crippen molar-refractivity contribution in [2.24, 2.45) is 0 Å². The Labute approximate surface area is 156 Å². The van der Waals surface area contributed by atoms with Crippen LogP contribution in [-0.2, 0) is 22.6 Å². The molecule has 0 N–H and O–H groups in total. The molecule has 25 heavy (non-hydrogen) atoms. The molecule has 0 aromatic carbocycles. The third-order valence-electron chi connectivity index (χ3n) is 4.19. The molecule has 3 rings (SSSR count). The molecular formula is C18H20N2O3S2. The molecule has 132 valence electrons. The van der Waals surface area contributed by atoms with E-state index < -0.39 is 0 Å². The maximum absolute atomic E-state index is 12.7. The second-order valence-electron chi connectivity index (χ2n) is 5.82. The van der Waals surface area contributed by atoms with E-state index >= 15 is 0 Å². The zero-order valence-corrected chi connectivity index (χ0v) is 16.1. The summed E-state index contributed by atoms with van der Waals surface area (Å²) in [4.78, 5) is 14.9.